The van der Waals surface area contributed by atoms with Crippen LogP contribution in [-0.4, -0.2) is 20.3 Å². The number of carbonyl (C=O) groups excluding carboxylic acids is 1. The number of amides is 1. The summed E-state index contributed by atoms with van der Waals surface area (Å²) < 4.78 is 1.95. The van der Waals surface area contributed by atoms with E-state index in [0.717, 1.165) is 22.6 Å². The largest absolute Gasteiger partial charge is 0.306 e. The van der Waals surface area contributed by atoms with Crippen molar-refractivity contribution in [3.8, 4) is 11.3 Å². The molecule has 4 rings (SSSR count). The molecule has 0 atom stereocenters. The predicted molar refractivity (Wildman–Crippen MR) is 97.6 cm³/mol. The number of nitrogens with zero attached hydrogens (tertiary/aromatic N) is 3. The van der Waals surface area contributed by atoms with Crippen molar-refractivity contribution >= 4 is 17.4 Å². The van der Waals surface area contributed by atoms with Crippen LogP contribution in [-0.2, 0) is 0 Å². The van der Waals surface area contributed by atoms with Gasteiger partial charge in [0, 0.05) is 23.7 Å². The van der Waals surface area contributed by atoms with E-state index in [1.165, 1.54) is 0 Å². The highest BCUT2D eigenvalue weighted by Crippen LogP contribution is 2.30. The maximum absolute atomic E-state index is 12.7. The molecule has 3 heterocycles. The number of fused-ring (bicyclic) bond motifs is 1. The summed E-state index contributed by atoms with van der Waals surface area (Å²) in [5.41, 5.74) is 3.98. The Morgan fingerprint density at radius 1 is 1.00 bits per heavy atom. The number of nitrogens with one attached hydrogen (secondary N) is 1. The number of hydrogen-bond donors (Lipinski definition) is 1. The highest BCUT2D eigenvalue weighted by Gasteiger charge is 2.18. The average molecular weight is 328 g/mol. The molecular formula is C20H16N4O. The van der Waals surface area contributed by atoms with Crippen molar-refractivity contribution < 1.29 is 4.79 Å². The second-order valence-electron chi connectivity index (χ2n) is 5.73. The Labute approximate surface area is 145 Å². The molecule has 0 aliphatic carbocycles. The zero-order valence-electron chi connectivity index (χ0n) is 13.7. The topological polar surface area (TPSA) is 59.3 Å². The van der Waals surface area contributed by atoms with Gasteiger partial charge < -0.3 is 5.32 Å². The second-order valence-corrected chi connectivity index (χ2v) is 5.73. The molecule has 0 radical (unpaired) electrons. The molecule has 3 aromatic heterocycles. The number of aromatic nitrogens is 3. The molecule has 25 heavy (non-hydrogen) atoms. The van der Waals surface area contributed by atoms with Crippen LogP contribution in [0, 0.1) is 6.92 Å². The fourth-order valence-electron chi connectivity index (χ4n) is 2.84. The lowest BCUT2D eigenvalue weighted by Gasteiger charge is -2.09. The molecule has 5 nitrogen and oxygen atoms in total. The molecular weight excluding hydrogens is 312 g/mol. The van der Waals surface area contributed by atoms with Gasteiger partial charge in [-0.05, 0) is 31.2 Å². The van der Waals surface area contributed by atoms with E-state index in [1.54, 1.807) is 24.5 Å². The maximum atomic E-state index is 12.7. The zero-order chi connectivity index (χ0) is 17.2. The van der Waals surface area contributed by atoms with Crippen molar-refractivity contribution in [1.82, 2.24) is 14.4 Å². The molecule has 1 aromatic carbocycles. The fourth-order valence-corrected chi connectivity index (χ4v) is 2.84. The highest BCUT2D eigenvalue weighted by atomic mass is 16.1. The van der Waals surface area contributed by atoms with Gasteiger partial charge in [-0.3, -0.25) is 14.2 Å². The minimum Gasteiger partial charge on any atom is -0.306 e. The Morgan fingerprint density at radius 3 is 2.60 bits per heavy atom. The van der Waals surface area contributed by atoms with Crippen LogP contribution in [0.5, 0.6) is 0 Å². The smallest absolute Gasteiger partial charge is 0.258 e. The number of rotatable bonds is 3. The van der Waals surface area contributed by atoms with E-state index in [0.29, 0.717) is 11.4 Å². The van der Waals surface area contributed by atoms with Gasteiger partial charge in [-0.2, -0.15) is 0 Å². The van der Waals surface area contributed by atoms with Gasteiger partial charge in [-0.1, -0.05) is 36.4 Å². The molecule has 1 amide bonds. The molecule has 0 aliphatic rings. The Kier molecular flexibility index (Phi) is 3.74. The molecule has 0 saturated heterocycles. The number of aryl methyl sites for hydroxylation is 1. The molecule has 0 bridgehead atoms. The summed E-state index contributed by atoms with van der Waals surface area (Å²) in [5, 5.41) is 3.01. The first kappa shape index (κ1) is 15.1. The van der Waals surface area contributed by atoms with Crippen molar-refractivity contribution in [2.24, 2.45) is 0 Å². The van der Waals surface area contributed by atoms with Crippen LogP contribution in [0.1, 0.15) is 16.1 Å². The van der Waals surface area contributed by atoms with E-state index < -0.39 is 0 Å². The Hall–Kier alpha value is -3.47. The van der Waals surface area contributed by atoms with Crippen LogP contribution in [0.25, 0.3) is 16.9 Å². The lowest BCUT2D eigenvalue weighted by atomic mass is 10.1. The Bertz CT molecular complexity index is 1040. The Balaban J connectivity index is 1.87. The number of pyridine rings is 2. The molecule has 0 aliphatic heterocycles. The zero-order valence-corrected chi connectivity index (χ0v) is 13.7. The number of imidazole rings is 1. The van der Waals surface area contributed by atoms with E-state index in [-0.39, 0.29) is 5.91 Å². The molecule has 0 saturated carbocycles. The Morgan fingerprint density at radius 2 is 1.84 bits per heavy atom. The summed E-state index contributed by atoms with van der Waals surface area (Å²) in [6.07, 6.45) is 3.19. The monoisotopic (exact) mass is 328 g/mol. The number of benzene rings is 1. The maximum Gasteiger partial charge on any atom is 0.258 e. The lowest BCUT2D eigenvalue weighted by Crippen LogP contribution is -2.14. The lowest BCUT2D eigenvalue weighted by molar-refractivity contribution is 0.102. The molecule has 0 fully saturated rings. The summed E-state index contributed by atoms with van der Waals surface area (Å²) in [4.78, 5) is 21.4. The van der Waals surface area contributed by atoms with Crippen molar-refractivity contribution in [2.75, 3.05) is 5.32 Å². The van der Waals surface area contributed by atoms with Crippen LogP contribution in [0.3, 0.4) is 0 Å². The number of carbonyl (C=O) groups is 1. The standard InChI is InChI=1S/C20H16N4O/c1-14-7-5-11-17-22-18(15-8-3-2-4-9-15)19(24(14)17)23-20(25)16-10-6-12-21-13-16/h2-13H,1H3,(H,23,25). The van der Waals surface area contributed by atoms with Gasteiger partial charge in [0.05, 0.1) is 5.56 Å². The third-order valence-corrected chi connectivity index (χ3v) is 4.04. The van der Waals surface area contributed by atoms with Gasteiger partial charge in [0.1, 0.15) is 17.2 Å². The molecule has 4 aromatic rings. The molecule has 5 heteroatoms. The number of hydrogen-bond acceptors (Lipinski definition) is 3. The summed E-state index contributed by atoms with van der Waals surface area (Å²) in [7, 11) is 0. The van der Waals surface area contributed by atoms with Gasteiger partial charge >= 0.3 is 0 Å². The first-order valence-electron chi connectivity index (χ1n) is 7.99. The van der Waals surface area contributed by atoms with Crippen molar-refractivity contribution in [3.63, 3.8) is 0 Å². The molecule has 0 unspecified atom stereocenters. The molecule has 122 valence electrons. The van der Waals surface area contributed by atoms with Gasteiger partial charge in [0.25, 0.3) is 5.91 Å². The molecule has 1 N–H and O–H groups in total. The second kappa shape index (κ2) is 6.20. The van der Waals surface area contributed by atoms with Crippen molar-refractivity contribution in [3.05, 3.63) is 84.3 Å². The van der Waals surface area contributed by atoms with Crippen LogP contribution in [0.2, 0.25) is 0 Å². The van der Waals surface area contributed by atoms with Gasteiger partial charge in [-0.25, -0.2) is 4.98 Å². The van der Waals surface area contributed by atoms with Crippen molar-refractivity contribution in [1.29, 1.82) is 0 Å². The minimum absolute atomic E-state index is 0.213. The predicted octanol–water partition coefficient (Wildman–Crippen LogP) is 3.96. The molecule has 0 spiro atoms. The van der Waals surface area contributed by atoms with Gasteiger partial charge in [0.2, 0.25) is 0 Å². The average Bonchev–Trinajstić information content (AvgIpc) is 3.03. The summed E-state index contributed by atoms with van der Waals surface area (Å²) in [6.45, 7) is 1.99. The van der Waals surface area contributed by atoms with E-state index in [4.69, 9.17) is 4.98 Å². The SMILES string of the molecule is Cc1cccc2nc(-c3ccccc3)c(NC(=O)c3cccnc3)n12. The van der Waals surface area contributed by atoms with E-state index >= 15 is 0 Å². The van der Waals surface area contributed by atoms with Crippen LogP contribution in [0.4, 0.5) is 5.82 Å². The van der Waals surface area contributed by atoms with Crippen LogP contribution < -0.4 is 5.32 Å². The first-order valence-corrected chi connectivity index (χ1v) is 7.99. The summed E-state index contributed by atoms with van der Waals surface area (Å²) in [6, 6.07) is 19.2. The third kappa shape index (κ3) is 2.76. The number of anilines is 1. The minimum atomic E-state index is -0.213. The van der Waals surface area contributed by atoms with E-state index in [1.807, 2.05) is 59.9 Å². The van der Waals surface area contributed by atoms with E-state index in [2.05, 4.69) is 10.3 Å². The van der Waals surface area contributed by atoms with Crippen LogP contribution >= 0.6 is 0 Å². The van der Waals surface area contributed by atoms with E-state index in [9.17, 15) is 4.79 Å². The van der Waals surface area contributed by atoms with Gasteiger partial charge in [-0.15, -0.1) is 0 Å². The van der Waals surface area contributed by atoms with Crippen molar-refractivity contribution in [2.45, 2.75) is 6.92 Å². The summed E-state index contributed by atoms with van der Waals surface area (Å²) >= 11 is 0. The fraction of sp³-hybridized carbons (Fsp3) is 0.0500. The highest BCUT2D eigenvalue weighted by molar-refractivity contribution is 6.05. The summed E-state index contributed by atoms with van der Waals surface area (Å²) in [5.74, 6) is 0.448. The normalized spacial score (nSPS) is 10.8. The quantitative estimate of drug-likeness (QED) is 0.619. The van der Waals surface area contributed by atoms with Crippen LogP contribution in [0.15, 0.2) is 73.1 Å². The first-order chi connectivity index (χ1) is 12.2. The van der Waals surface area contributed by atoms with Gasteiger partial charge in [0.15, 0.2) is 0 Å². The third-order valence-electron chi connectivity index (χ3n) is 4.04.